The van der Waals surface area contributed by atoms with Gasteiger partial charge in [-0.05, 0) is 12.5 Å². The first kappa shape index (κ1) is 11.1. The van der Waals surface area contributed by atoms with Crippen molar-refractivity contribution >= 4 is 11.6 Å². The molecule has 0 saturated carbocycles. The molecule has 1 atom stereocenters. The van der Waals surface area contributed by atoms with E-state index in [0.717, 1.165) is 17.7 Å². The van der Waals surface area contributed by atoms with Gasteiger partial charge in [-0.1, -0.05) is 18.2 Å². The van der Waals surface area contributed by atoms with Gasteiger partial charge in [-0.2, -0.15) is 0 Å². The molecule has 1 aromatic rings. The van der Waals surface area contributed by atoms with Gasteiger partial charge in [0.15, 0.2) is 0 Å². The van der Waals surface area contributed by atoms with Gasteiger partial charge in [-0.15, -0.1) is 0 Å². The van der Waals surface area contributed by atoms with Crippen molar-refractivity contribution in [2.45, 2.75) is 19.1 Å². The van der Waals surface area contributed by atoms with E-state index in [1.165, 1.54) is 0 Å². The Bertz CT molecular complexity index is 392. The van der Waals surface area contributed by atoms with Crippen LogP contribution in [0.25, 0.3) is 0 Å². The standard InChI is InChI=1S/C12H16N2O2/c1-16-8-9-4-2-3-5-11(9)14-7-6-10(13)12(14)15/h2-5,10H,6-8,13H2,1H3. The number of amides is 1. The average molecular weight is 220 g/mol. The Labute approximate surface area is 95.0 Å². The summed E-state index contributed by atoms with van der Waals surface area (Å²) in [5, 5.41) is 0. The van der Waals surface area contributed by atoms with Gasteiger partial charge in [-0.25, -0.2) is 0 Å². The van der Waals surface area contributed by atoms with Crippen LogP contribution in [-0.2, 0) is 16.1 Å². The monoisotopic (exact) mass is 220 g/mol. The molecule has 1 amide bonds. The van der Waals surface area contributed by atoms with Gasteiger partial charge in [0.1, 0.15) is 0 Å². The average Bonchev–Trinajstić information content (AvgIpc) is 2.61. The highest BCUT2D eigenvalue weighted by Gasteiger charge is 2.30. The highest BCUT2D eigenvalue weighted by Crippen LogP contribution is 2.25. The summed E-state index contributed by atoms with van der Waals surface area (Å²) in [5.74, 6) is 0.00329. The van der Waals surface area contributed by atoms with Crippen molar-refractivity contribution in [3.05, 3.63) is 29.8 Å². The van der Waals surface area contributed by atoms with Crippen molar-refractivity contribution in [2.75, 3.05) is 18.6 Å². The first-order valence-electron chi connectivity index (χ1n) is 5.38. The highest BCUT2D eigenvalue weighted by atomic mass is 16.5. The second kappa shape index (κ2) is 4.63. The molecule has 1 aliphatic heterocycles. The summed E-state index contributed by atoms with van der Waals surface area (Å²) in [6.45, 7) is 1.20. The minimum absolute atomic E-state index is 0.00329. The summed E-state index contributed by atoms with van der Waals surface area (Å²) in [7, 11) is 1.65. The zero-order chi connectivity index (χ0) is 11.5. The first-order valence-corrected chi connectivity index (χ1v) is 5.38. The van der Waals surface area contributed by atoms with E-state index in [9.17, 15) is 4.79 Å². The molecule has 2 N–H and O–H groups in total. The molecule has 0 spiro atoms. The number of para-hydroxylation sites is 1. The summed E-state index contributed by atoms with van der Waals surface area (Å²) in [5.41, 5.74) is 7.65. The largest absolute Gasteiger partial charge is 0.380 e. The van der Waals surface area contributed by atoms with Gasteiger partial charge in [0.05, 0.1) is 12.6 Å². The number of nitrogens with zero attached hydrogens (tertiary/aromatic N) is 1. The number of anilines is 1. The van der Waals surface area contributed by atoms with Crippen LogP contribution in [0.2, 0.25) is 0 Å². The topological polar surface area (TPSA) is 55.6 Å². The Balaban J connectivity index is 2.29. The zero-order valence-electron chi connectivity index (χ0n) is 9.35. The van der Waals surface area contributed by atoms with E-state index in [1.54, 1.807) is 12.0 Å². The number of carbonyl (C=O) groups is 1. The molecule has 1 aliphatic rings. The van der Waals surface area contributed by atoms with E-state index in [0.29, 0.717) is 13.2 Å². The number of benzene rings is 1. The Kier molecular flexibility index (Phi) is 3.22. The summed E-state index contributed by atoms with van der Waals surface area (Å²) < 4.78 is 5.12. The number of methoxy groups -OCH3 is 1. The Morgan fingerprint density at radius 2 is 2.25 bits per heavy atom. The van der Waals surface area contributed by atoms with Gasteiger partial charge in [0, 0.05) is 24.9 Å². The van der Waals surface area contributed by atoms with Crippen LogP contribution in [0.3, 0.4) is 0 Å². The molecule has 1 fully saturated rings. The molecule has 0 bridgehead atoms. The van der Waals surface area contributed by atoms with Crippen molar-refractivity contribution in [3.8, 4) is 0 Å². The molecule has 4 heteroatoms. The maximum Gasteiger partial charge on any atom is 0.243 e. The van der Waals surface area contributed by atoms with Gasteiger partial charge in [0.25, 0.3) is 0 Å². The molecule has 16 heavy (non-hydrogen) atoms. The lowest BCUT2D eigenvalue weighted by molar-refractivity contribution is -0.118. The second-order valence-electron chi connectivity index (χ2n) is 3.95. The Morgan fingerprint density at radius 1 is 1.50 bits per heavy atom. The molecule has 4 nitrogen and oxygen atoms in total. The van der Waals surface area contributed by atoms with Crippen LogP contribution in [0.4, 0.5) is 5.69 Å². The van der Waals surface area contributed by atoms with Gasteiger partial charge < -0.3 is 15.4 Å². The lowest BCUT2D eigenvalue weighted by Gasteiger charge is -2.19. The van der Waals surface area contributed by atoms with Crippen LogP contribution in [0, 0.1) is 0 Å². The molecule has 1 unspecified atom stereocenters. The minimum atomic E-state index is -0.351. The van der Waals surface area contributed by atoms with Gasteiger partial charge in [0.2, 0.25) is 5.91 Å². The van der Waals surface area contributed by atoms with Gasteiger partial charge >= 0.3 is 0 Å². The predicted molar refractivity (Wildman–Crippen MR) is 62.1 cm³/mol. The maximum absolute atomic E-state index is 11.8. The second-order valence-corrected chi connectivity index (χ2v) is 3.95. The van der Waals surface area contributed by atoms with Crippen molar-refractivity contribution in [1.82, 2.24) is 0 Å². The fourth-order valence-corrected chi connectivity index (χ4v) is 1.99. The quantitative estimate of drug-likeness (QED) is 0.823. The summed E-state index contributed by atoms with van der Waals surface area (Å²) in [4.78, 5) is 13.6. The Hall–Kier alpha value is -1.39. The third-order valence-electron chi connectivity index (χ3n) is 2.83. The third-order valence-corrected chi connectivity index (χ3v) is 2.83. The minimum Gasteiger partial charge on any atom is -0.380 e. The summed E-state index contributed by atoms with van der Waals surface area (Å²) in [6.07, 6.45) is 0.722. The van der Waals surface area contributed by atoms with Crippen LogP contribution in [0.15, 0.2) is 24.3 Å². The van der Waals surface area contributed by atoms with Crippen LogP contribution in [0.5, 0.6) is 0 Å². The van der Waals surface area contributed by atoms with E-state index in [2.05, 4.69) is 0 Å². The SMILES string of the molecule is COCc1ccccc1N1CCC(N)C1=O. The summed E-state index contributed by atoms with van der Waals surface area (Å²) in [6, 6.07) is 7.42. The lowest BCUT2D eigenvalue weighted by atomic mass is 10.1. The number of ether oxygens (including phenoxy) is 1. The molecule has 0 aromatic heterocycles. The fraction of sp³-hybridized carbons (Fsp3) is 0.417. The van der Waals surface area contributed by atoms with E-state index >= 15 is 0 Å². The Morgan fingerprint density at radius 3 is 2.88 bits per heavy atom. The third kappa shape index (κ3) is 1.94. The normalized spacial score (nSPS) is 20.5. The van der Waals surface area contributed by atoms with Crippen molar-refractivity contribution in [2.24, 2.45) is 5.73 Å². The molecular formula is C12H16N2O2. The smallest absolute Gasteiger partial charge is 0.243 e. The molecule has 0 radical (unpaired) electrons. The van der Waals surface area contributed by atoms with E-state index < -0.39 is 0 Å². The molecule has 86 valence electrons. The van der Waals surface area contributed by atoms with E-state index in [-0.39, 0.29) is 11.9 Å². The predicted octanol–water partition coefficient (Wildman–Crippen LogP) is 0.897. The summed E-state index contributed by atoms with van der Waals surface area (Å²) >= 11 is 0. The number of nitrogens with two attached hydrogens (primary N) is 1. The van der Waals surface area contributed by atoms with Crippen molar-refractivity contribution < 1.29 is 9.53 Å². The van der Waals surface area contributed by atoms with Crippen LogP contribution in [0.1, 0.15) is 12.0 Å². The molecular weight excluding hydrogens is 204 g/mol. The molecule has 1 saturated heterocycles. The maximum atomic E-state index is 11.8. The zero-order valence-corrected chi connectivity index (χ0v) is 9.35. The first-order chi connectivity index (χ1) is 7.74. The highest BCUT2D eigenvalue weighted by molar-refractivity contribution is 5.99. The van der Waals surface area contributed by atoms with E-state index in [4.69, 9.17) is 10.5 Å². The number of carbonyl (C=O) groups excluding carboxylic acids is 1. The van der Waals surface area contributed by atoms with E-state index in [1.807, 2.05) is 24.3 Å². The van der Waals surface area contributed by atoms with Crippen molar-refractivity contribution in [3.63, 3.8) is 0 Å². The van der Waals surface area contributed by atoms with Gasteiger partial charge in [-0.3, -0.25) is 4.79 Å². The number of rotatable bonds is 3. The lowest BCUT2D eigenvalue weighted by Crippen LogP contribution is -2.34. The molecule has 2 rings (SSSR count). The fourth-order valence-electron chi connectivity index (χ4n) is 1.99. The molecule has 0 aliphatic carbocycles. The number of hydrogen-bond acceptors (Lipinski definition) is 3. The molecule has 1 heterocycles. The number of hydrogen-bond donors (Lipinski definition) is 1. The van der Waals surface area contributed by atoms with Crippen LogP contribution in [-0.4, -0.2) is 25.6 Å². The van der Waals surface area contributed by atoms with Crippen LogP contribution >= 0.6 is 0 Å². The van der Waals surface area contributed by atoms with Crippen LogP contribution < -0.4 is 10.6 Å². The van der Waals surface area contributed by atoms with Crippen molar-refractivity contribution in [1.29, 1.82) is 0 Å². The molecule has 1 aromatic carbocycles.